The normalized spacial score (nSPS) is 13.6. The van der Waals surface area contributed by atoms with Crippen LogP contribution in [0.3, 0.4) is 0 Å². The summed E-state index contributed by atoms with van der Waals surface area (Å²) >= 11 is 1.31. The van der Waals surface area contributed by atoms with E-state index in [1.807, 2.05) is 18.2 Å². The zero-order valence-electron chi connectivity index (χ0n) is 14.6. The molecule has 0 saturated carbocycles. The summed E-state index contributed by atoms with van der Waals surface area (Å²) in [5, 5.41) is 3.54. The van der Waals surface area contributed by atoms with E-state index in [1.165, 1.54) is 35.0 Å². The van der Waals surface area contributed by atoms with Crippen LogP contribution in [-0.4, -0.2) is 13.0 Å². The summed E-state index contributed by atoms with van der Waals surface area (Å²) in [7, 11) is 1.56. The number of benzene rings is 2. The van der Waals surface area contributed by atoms with E-state index in [1.54, 1.807) is 13.2 Å². The number of hydrogen-bond acceptors (Lipinski definition) is 3. The van der Waals surface area contributed by atoms with Crippen molar-refractivity contribution < 1.29 is 13.9 Å². The molecule has 3 aromatic rings. The van der Waals surface area contributed by atoms with Crippen LogP contribution in [0.15, 0.2) is 36.4 Å². The predicted octanol–water partition coefficient (Wildman–Crippen LogP) is 5.32. The Labute approximate surface area is 155 Å². The molecule has 5 heteroatoms. The molecule has 0 saturated heterocycles. The van der Waals surface area contributed by atoms with Gasteiger partial charge >= 0.3 is 0 Å². The SMILES string of the molecule is COCc1c(C(=O)Nc2cccc3c2CCCC3)sc2cccc(F)c12. The summed E-state index contributed by atoms with van der Waals surface area (Å²) in [6, 6.07) is 11.0. The van der Waals surface area contributed by atoms with Gasteiger partial charge in [-0.15, -0.1) is 11.3 Å². The highest BCUT2D eigenvalue weighted by Gasteiger charge is 2.22. The molecule has 0 atom stereocenters. The molecule has 0 spiro atoms. The van der Waals surface area contributed by atoms with E-state index in [4.69, 9.17) is 4.74 Å². The fraction of sp³-hybridized carbons (Fsp3) is 0.286. The van der Waals surface area contributed by atoms with Crippen molar-refractivity contribution in [2.24, 2.45) is 0 Å². The van der Waals surface area contributed by atoms with Crippen LogP contribution in [0.2, 0.25) is 0 Å². The average Bonchev–Trinajstić information content (AvgIpc) is 3.02. The first-order valence-corrected chi connectivity index (χ1v) is 9.61. The maximum absolute atomic E-state index is 14.3. The van der Waals surface area contributed by atoms with Crippen LogP contribution in [-0.2, 0) is 24.2 Å². The van der Waals surface area contributed by atoms with Crippen LogP contribution in [0, 0.1) is 5.82 Å². The highest BCUT2D eigenvalue weighted by atomic mass is 32.1. The number of hydrogen-bond donors (Lipinski definition) is 1. The van der Waals surface area contributed by atoms with Crippen LogP contribution in [0.5, 0.6) is 0 Å². The number of thiophene rings is 1. The number of anilines is 1. The summed E-state index contributed by atoms with van der Waals surface area (Å²) in [5.41, 5.74) is 4.03. The highest BCUT2D eigenvalue weighted by Crippen LogP contribution is 2.35. The van der Waals surface area contributed by atoms with Gasteiger partial charge in [-0.3, -0.25) is 4.79 Å². The second-order valence-corrected chi connectivity index (χ2v) is 7.61. The molecule has 134 valence electrons. The van der Waals surface area contributed by atoms with E-state index in [2.05, 4.69) is 11.4 Å². The number of nitrogens with one attached hydrogen (secondary N) is 1. The highest BCUT2D eigenvalue weighted by molar-refractivity contribution is 7.21. The second kappa shape index (κ2) is 7.17. The lowest BCUT2D eigenvalue weighted by Crippen LogP contribution is -2.15. The van der Waals surface area contributed by atoms with Gasteiger partial charge in [0.1, 0.15) is 5.82 Å². The Bertz CT molecular complexity index is 980. The van der Waals surface area contributed by atoms with Crippen molar-refractivity contribution >= 4 is 33.0 Å². The first-order valence-electron chi connectivity index (χ1n) is 8.80. The number of halogens is 1. The van der Waals surface area contributed by atoms with E-state index in [-0.39, 0.29) is 18.3 Å². The molecule has 0 aliphatic heterocycles. The van der Waals surface area contributed by atoms with E-state index >= 15 is 0 Å². The first-order chi connectivity index (χ1) is 12.7. The fourth-order valence-electron chi connectivity index (χ4n) is 3.71. The number of aryl methyl sites for hydroxylation is 1. The molecule has 4 rings (SSSR count). The molecule has 26 heavy (non-hydrogen) atoms. The van der Waals surface area contributed by atoms with Gasteiger partial charge in [0.25, 0.3) is 5.91 Å². The predicted molar refractivity (Wildman–Crippen MR) is 104 cm³/mol. The standard InChI is InChI=1S/C21H20FNO2S/c1-25-12-15-19-16(22)9-5-11-18(19)26-20(15)21(24)23-17-10-4-7-13-6-2-3-8-14(13)17/h4-5,7,9-11H,2-3,6,8,12H2,1H3,(H,23,24). The maximum atomic E-state index is 14.3. The molecular formula is C21H20FNO2S. The molecule has 1 aliphatic rings. The molecule has 1 amide bonds. The Morgan fingerprint density at radius 1 is 1.19 bits per heavy atom. The quantitative estimate of drug-likeness (QED) is 0.676. The van der Waals surface area contributed by atoms with E-state index in [0.717, 1.165) is 29.6 Å². The number of amides is 1. The van der Waals surface area contributed by atoms with Crippen LogP contribution >= 0.6 is 11.3 Å². The van der Waals surface area contributed by atoms with E-state index in [9.17, 15) is 9.18 Å². The Kier molecular flexibility index (Phi) is 4.74. The molecule has 0 bridgehead atoms. The largest absolute Gasteiger partial charge is 0.380 e. The molecule has 1 aliphatic carbocycles. The minimum Gasteiger partial charge on any atom is -0.380 e. The van der Waals surface area contributed by atoms with Crippen molar-refractivity contribution in [2.45, 2.75) is 32.3 Å². The van der Waals surface area contributed by atoms with Crippen molar-refractivity contribution in [3.8, 4) is 0 Å². The van der Waals surface area contributed by atoms with Crippen molar-refractivity contribution in [1.82, 2.24) is 0 Å². The lowest BCUT2D eigenvalue weighted by Gasteiger charge is -2.19. The van der Waals surface area contributed by atoms with Gasteiger partial charge in [0.15, 0.2) is 0 Å². The van der Waals surface area contributed by atoms with Crippen molar-refractivity contribution in [3.05, 3.63) is 63.8 Å². The fourth-order valence-corrected chi connectivity index (χ4v) is 4.83. The molecule has 0 unspecified atom stereocenters. The molecule has 0 radical (unpaired) electrons. The van der Waals surface area contributed by atoms with Crippen molar-refractivity contribution in [2.75, 3.05) is 12.4 Å². The lowest BCUT2D eigenvalue weighted by molar-refractivity contribution is 0.102. The number of rotatable bonds is 4. The second-order valence-electron chi connectivity index (χ2n) is 6.56. The third-order valence-corrected chi connectivity index (χ3v) is 6.10. The van der Waals surface area contributed by atoms with Gasteiger partial charge in [-0.1, -0.05) is 18.2 Å². The zero-order valence-corrected chi connectivity index (χ0v) is 15.4. The van der Waals surface area contributed by atoms with Gasteiger partial charge in [-0.2, -0.15) is 0 Å². The smallest absolute Gasteiger partial charge is 0.266 e. The van der Waals surface area contributed by atoms with Crippen molar-refractivity contribution in [1.29, 1.82) is 0 Å². The summed E-state index contributed by atoms with van der Waals surface area (Å²) in [4.78, 5) is 13.5. The number of ether oxygens (including phenoxy) is 1. The minimum absolute atomic E-state index is 0.198. The molecule has 1 N–H and O–H groups in total. The third kappa shape index (κ3) is 3.02. The summed E-state index contributed by atoms with van der Waals surface area (Å²) in [6.45, 7) is 0.205. The zero-order chi connectivity index (χ0) is 18.1. The number of carbonyl (C=O) groups excluding carboxylic acids is 1. The van der Waals surface area contributed by atoms with Crippen LogP contribution < -0.4 is 5.32 Å². The molecular weight excluding hydrogens is 349 g/mol. The number of carbonyl (C=O) groups is 1. The Morgan fingerprint density at radius 2 is 2.00 bits per heavy atom. The van der Waals surface area contributed by atoms with Crippen LogP contribution in [0.25, 0.3) is 10.1 Å². The van der Waals surface area contributed by atoms with Gasteiger partial charge in [0.05, 0.1) is 11.5 Å². The third-order valence-electron chi connectivity index (χ3n) is 4.90. The van der Waals surface area contributed by atoms with Crippen LogP contribution in [0.1, 0.15) is 39.2 Å². The maximum Gasteiger partial charge on any atom is 0.266 e. The van der Waals surface area contributed by atoms with Gasteiger partial charge in [0.2, 0.25) is 0 Å². The Morgan fingerprint density at radius 3 is 2.85 bits per heavy atom. The van der Waals surface area contributed by atoms with E-state index < -0.39 is 0 Å². The molecule has 2 aromatic carbocycles. The van der Waals surface area contributed by atoms with Gasteiger partial charge < -0.3 is 10.1 Å². The summed E-state index contributed by atoms with van der Waals surface area (Å²) < 4.78 is 20.3. The van der Waals surface area contributed by atoms with Crippen LogP contribution in [0.4, 0.5) is 10.1 Å². The Balaban J connectivity index is 1.73. The topological polar surface area (TPSA) is 38.3 Å². The summed E-state index contributed by atoms with van der Waals surface area (Å²) in [6.07, 6.45) is 4.38. The number of methoxy groups -OCH3 is 1. The molecule has 0 fully saturated rings. The Hall–Kier alpha value is -2.24. The first kappa shape index (κ1) is 17.2. The lowest BCUT2D eigenvalue weighted by atomic mass is 9.90. The monoisotopic (exact) mass is 369 g/mol. The van der Waals surface area contributed by atoms with Gasteiger partial charge in [-0.25, -0.2) is 4.39 Å². The van der Waals surface area contributed by atoms with Gasteiger partial charge in [0, 0.05) is 28.4 Å². The molecule has 1 aromatic heterocycles. The van der Waals surface area contributed by atoms with Gasteiger partial charge in [-0.05, 0) is 55.0 Å². The average molecular weight is 369 g/mol. The van der Waals surface area contributed by atoms with E-state index in [0.29, 0.717) is 15.8 Å². The number of fused-ring (bicyclic) bond motifs is 2. The summed E-state index contributed by atoms with van der Waals surface area (Å²) in [5.74, 6) is -0.515. The van der Waals surface area contributed by atoms with Crippen molar-refractivity contribution in [3.63, 3.8) is 0 Å². The minimum atomic E-state index is -0.318. The molecule has 3 nitrogen and oxygen atoms in total. The molecule has 1 heterocycles.